The molecule has 0 atom stereocenters. The van der Waals surface area contributed by atoms with Crippen molar-refractivity contribution < 1.29 is 9.66 Å². The highest BCUT2D eigenvalue weighted by Gasteiger charge is 2.12. The van der Waals surface area contributed by atoms with Gasteiger partial charge in [-0.1, -0.05) is 12.1 Å². The third kappa shape index (κ3) is 4.43. The molecular formula is C13H20N2O3. The van der Waals surface area contributed by atoms with E-state index in [0.29, 0.717) is 6.54 Å². The van der Waals surface area contributed by atoms with E-state index in [4.69, 9.17) is 4.74 Å². The number of ether oxygens (including phenoxy) is 1. The van der Waals surface area contributed by atoms with Gasteiger partial charge in [0.15, 0.2) is 0 Å². The molecule has 0 heterocycles. The number of nitrogens with zero attached hydrogens (tertiary/aromatic N) is 1. The van der Waals surface area contributed by atoms with Gasteiger partial charge in [-0.15, -0.1) is 0 Å². The Labute approximate surface area is 107 Å². The molecule has 0 saturated heterocycles. The van der Waals surface area contributed by atoms with Crippen molar-refractivity contribution in [3.63, 3.8) is 0 Å². The summed E-state index contributed by atoms with van der Waals surface area (Å²) in [4.78, 5) is 10.5. The zero-order valence-corrected chi connectivity index (χ0v) is 10.9. The molecule has 18 heavy (non-hydrogen) atoms. The van der Waals surface area contributed by atoms with Crippen molar-refractivity contribution in [2.75, 3.05) is 19.8 Å². The minimum absolute atomic E-state index is 0.184. The Kier molecular flexibility index (Phi) is 6.32. The van der Waals surface area contributed by atoms with Crippen LogP contribution in [-0.4, -0.2) is 24.7 Å². The number of benzene rings is 1. The molecule has 1 aromatic rings. The molecule has 0 unspecified atom stereocenters. The lowest BCUT2D eigenvalue weighted by atomic mass is 10.1. The normalized spacial score (nSPS) is 10.6. The van der Waals surface area contributed by atoms with E-state index in [2.05, 4.69) is 5.32 Å². The van der Waals surface area contributed by atoms with Crippen LogP contribution >= 0.6 is 0 Å². The number of nitro groups is 1. The minimum atomic E-state index is -0.339. The molecular weight excluding hydrogens is 232 g/mol. The molecule has 0 radical (unpaired) electrons. The summed E-state index contributed by atoms with van der Waals surface area (Å²) in [7, 11) is 0. The second-order valence-electron chi connectivity index (χ2n) is 4.05. The maximum absolute atomic E-state index is 10.8. The van der Waals surface area contributed by atoms with Crippen LogP contribution in [0.15, 0.2) is 18.2 Å². The summed E-state index contributed by atoms with van der Waals surface area (Å²) in [6.45, 7) is 6.75. The fourth-order valence-corrected chi connectivity index (χ4v) is 1.73. The standard InChI is InChI=1S/C13H20N2O3/c1-3-18-9-5-8-14-10-12-6-4-7-13(11(12)2)15(16)17/h4,6-7,14H,3,5,8-10H2,1-2H3. The predicted molar refractivity (Wildman–Crippen MR) is 70.7 cm³/mol. The van der Waals surface area contributed by atoms with Crippen LogP contribution in [0.5, 0.6) is 0 Å². The summed E-state index contributed by atoms with van der Waals surface area (Å²) in [6.07, 6.45) is 0.946. The highest BCUT2D eigenvalue weighted by molar-refractivity contribution is 5.44. The van der Waals surface area contributed by atoms with Gasteiger partial charge in [-0.2, -0.15) is 0 Å². The van der Waals surface area contributed by atoms with Crippen molar-refractivity contribution in [3.05, 3.63) is 39.4 Å². The molecule has 1 aromatic carbocycles. The van der Waals surface area contributed by atoms with Gasteiger partial charge in [0, 0.05) is 31.4 Å². The minimum Gasteiger partial charge on any atom is -0.382 e. The van der Waals surface area contributed by atoms with Crippen LogP contribution in [0.2, 0.25) is 0 Å². The van der Waals surface area contributed by atoms with E-state index in [9.17, 15) is 10.1 Å². The van der Waals surface area contributed by atoms with Crippen LogP contribution < -0.4 is 5.32 Å². The molecule has 5 heteroatoms. The first-order chi connectivity index (χ1) is 8.66. The maximum atomic E-state index is 10.8. The molecule has 1 N–H and O–H groups in total. The monoisotopic (exact) mass is 252 g/mol. The van der Waals surface area contributed by atoms with Crippen molar-refractivity contribution in [2.45, 2.75) is 26.8 Å². The van der Waals surface area contributed by atoms with E-state index >= 15 is 0 Å². The number of nitrogens with one attached hydrogen (secondary N) is 1. The Balaban J connectivity index is 2.43. The molecule has 0 aliphatic rings. The average molecular weight is 252 g/mol. The lowest BCUT2D eigenvalue weighted by molar-refractivity contribution is -0.385. The fraction of sp³-hybridized carbons (Fsp3) is 0.538. The molecule has 0 spiro atoms. The lowest BCUT2D eigenvalue weighted by Crippen LogP contribution is -2.17. The van der Waals surface area contributed by atoms with E-state index < -0.39 is 0 Å². The van der Waals surface area contributed by atoms with Crippen LogP contribution in [0.3, 0.4) is 0 Å². The largest absolute Gasteiger partial charge is 0.382 e. The Morgan fingerprint density at radius 3 is 2.89 bits per heavy atom. The second kappa shape index (κ2) is 7.79. The summed E-state index contributed by atoms with van der Waals surface area (Å²) in [6, 6.07) is 5.17. The fourth-order valence-electron chi connectivity index (χ4n) is 1.73. The van der Waals surface area contributed by atoms with Crippen LogP contribution in [0.1, 0.15) is 24.5 Å². The highest BCUT2D eigenvalue weighted by atomic mass is 16.6. The first kappa shape index (κ1) is 14.6. The molecule has 0 aliphatic carbocycles. The van der Waals surface area contributed by atoms with Gasteiger partial charge < -0.3 is 10.1 Å². The van der Waals surface area contributed by atoms with Crippen molar-refractivity contribution in [3.8, 4) is 0 Å². The second-order valence-corrected chi connectivity index (χ2v) is 4.05. The van der Waals surface area contributed by atoms with Gasteiger partial charge in [-0.3, -0.25) is 10.1 Å². The topological polar surface area (TPSA) is 64.4 Å². The Morgan fingerprint density at radius 2 is 2.22 bits per heavy atom. The molecule has 100 valence electrons. The molecule has 0 saturated carbocycles. The first-order valence-corrected chi connectivity index (χ1v) is 6.18. The zero-order chi connectivity index (χ0) is 13.4. The number of nitro benzene ring substituents is 1. The summed E-state index contributed by atoms with van der Waals surface area (Å²) < 4.78 is 5.23. The molecule has 5 nitrogen and oxygen atoms in total. The van der Waals surface area contributed by atoms with Gasteiger partial charge in [0.05, 0.1) is 4.92 Å². The van der Waals surface area contributed by atoms with Crippen molar-refractivity contribution in [1.29, 1.82) is 0 Å². The van der Waals surface area contributed by atoms with Gasteiger partial charge in [0.2, 0.25) is 0 Å². The third-order valence-electron chi connectivity index (χ3n) is 2.78. The highest BCUT2D eigenvalue weighted by Crippen LogP contribution is 2.20. The molecule has 0 fully saturated rings. The van der Waals surface area contributed by atoms with Gasteiger partial charge >= 0.3 is 0 Å². The summed E-state index contributed by atoms with van der Waals surface area (Å²) in [5.74, 6) is 0. The molecule has 0 aromatic heterocycles. The van der Waals surface area contributed by atoms with Gasteiger partial charge in [0.1, 0.15) is 0 Å². The molecule has 0 bridgehead atoms. The quantitative estimate of drug-likeness (QED) is 0.438. The van der Waals surface area contributed by atoms with E-state index in [1.807, 2.05) is 13.0 Å². The van der Waals surface area contributed by atoms with Crippen molar-refractivity contribution in [2.24, 2.45) is 0 Å². The zero-order valence-electron chi connectivity index (χ0n) is 10.9. The van der Waals surface area contributed by atoms with Gasteiger partial charge in [0.25, 0.3) is 5.69 Å². The Hall–Kier alpha value is -1.46. The predicted octanol–water partition coefficient (Wildman–Crippen LogP) is 2.42. The van der Waals surface area contributed by atoms with Crippen LogP contribution in [0, 0.1) is 17.0 Å². The van der Waals surface area contributed by atoms with E-state index in [-0.39, 0.29) is 10.6 Å². The number of hydrogen-bond donors (Lipinski definition) is 1. The average Bonchev–Trinajstić information content (AvgIpc) is 2.35. The van der Waals surface area contributed by atoms with E-state index in [0.717, 1.165) is 37.3 Å². The Morgan fingerprint density at radius 1 is 1.44 bits per heavy atom. The van der Waals surface area contributed by atoms with Crippen LogP contribution in [0.4, 0.5) is 5.69 Å². The SMILES string of the molecule is CCOCCCNCc1cccc([N+](=O)[O-])c1C. The summed E-state index contributed by atoms with van der Waals surface area (Å²) in [5, 5.41) is 14.1. The third-order valence-corrected chi connectivity index (χ3v) is 2.78. The summed E-state index contributed by atoms with van der Waals surface area (Å²) >= 11 is 0. The Bertz CT molecular complexity index is 394. The van der Waals surface area contributed by atoms with Gasteiger partial charge in [-0.25, -0.2) is 0 Å². The number of rotatable bonds is 8. The van der Waals surface area contributed by atoms with Crippen molar-refractivity contribution in [1.82, 2.24) is 5.32 Å². The van der Waals surface area contributed by atoms with Crippen LogP contribution in [0.25, 0.3) is 0 Å². The first-order valence-electron chi connectivity index (χ1n) is 6.18. The summed E-state index contributed by atoms with van der Waals surface area (Å²) in [5.41, 5.74) is 1.89. The molecule has 1 rings (SSSR count). The van der Waals surface area contributed by atoms with Gasteiger partial charge in [-0.05, 0) is 32.4 Å². The molecule has 0 amide bonds. The maximum Gasteiger partial charge on any atom is 0.272 e. The smallest absolute Gasteiger partial charge is 0.272 e. The van der Waals surface area contributed by atoms with E-state index in [1.165, 1.54) is 6.07 Å². The lowest BCUT2D eigenvalue weighted by Gasteiger charge is -2.08. The van der Waals surface area contributed by atoms with Crippen LogP contribution in [-0.2, 0) is 11.3 Å². The van der Waals surface area contributed by atoms with E-state index in [1.54, 1.807) is 13.0 Å². The van der Waals surface area contributed by atoms with Crippen molar-refractivity contribution >= 4 is 5.69 Å². The number of hydrogen-bond acceptors (Lipinski definition) is 4. The molecule has 0 aliphatic heterocycles.